The van der Waals surface area contributed by atoms with Crippen molar-refractivity contribution < 1.29 is 14.3 Å². The highest BCUT2D eigenvalue weighted by Gasteiger charge is 2.38. The molecule has 1 heterocycles. The van der Waals surface area contributed by atoms with Gasteiger partial charge in [0.1, 0.15) is 0 Å². The second-order valence-corrected chi connectivity index (χ2v) is 8.24. The zero-order valence-corrected chi connectivity index (χ0v) is 17.6. The molecule has 0 bridgehead atoms. The van der Waals surface area contributed by atoms with Crippen molar-refractivity contribution in [1.82, 2.24) is 0 Å². The summed E-state index contributed by atoms with van der Waals surface area (Å²) in [6.07, 6.45) is 5.10. The lowest BCUT2D eigenvalue weighted by atomic mass is 9.88. The molecule has 1 saturated carbocycles. The summed E-state index contributed by atoms with van der Waals surface area (Å²) >= 11 is 0. The Balaban J connectivity index is 1.52. The SMILES string of the molecule is Cc1ccc(N2C(=O)c3ccccc3[C@H](C=NCCCOCC3CC3)C2=O)cc1C. The van der Waals surface area contributed by atoms with Crippen LogP contribution in [0, 0.1) is 19.8 Å². The van der Waals surface area contributed by atoms with Gasteiger partial charge in [-0.25, -0.2) is 4.90 Å². The Morgan fingerprint density at radius 3 is 2.67 bits per heavy atom. The van der Waals surface area contributed by atoms with E-state index in [1.165, 1.54) is 17.7 Å². The van der Waals surface area contributed by atoms with Crippen molar-refractivity contribution in [2.24, 2.45) is 10.9 Å². The van der Waals surface area contributed by atoms with Crippen molar-refractivity contribution in [1.29, 1.82) is 0 Å². The molecule has 2 amide bonds. The Morgan fingerprint density at radius 1 is 1.10 bits per heavy atom. The van der Waals surface area contributed by atoms with E-state index < -0.39 is 5.92 Å². The number of benzene rings is 2. The fourth-order valence-electron chi connectivity index (χ4n) is 3.68. The molecule has 0 spiro atoms. The van der Waals surface area contributed by atoms with Crippen molar-refractivity contribution in [2.45, 2.75) is 39.0 Å². The maximum Gasteiger partial charge on any atom is 0.265 e. The highest BCUT2D eigenvalue weighted by molar-refractivity contribution is 6.29. The number of hydrogen-bond acceptors (Lipinski definition) is 4. The minimum absolute atomic E-state index is 0.254. The molecule has 30 heavy (non-hydrogen) atoms. The van der Waals surface area contributed by atoms with Crippen LogP contribution in [0.1, 0.15) is 52.2 Å². The zero-order chi connectivity index (χ0) is 21.1. The fourth-order valence-corrected chi connectivity index (χ4v) is 3.68. The quantitative estimate of drug-likeness (QED) is 0.371. The number of imide groups is 1. The van der Waals surface area contributed by atoms with E-state index in [0.717, 1.165) is 35.6 Å². The summed E-state index contributed by atoms with van der Waals surface area (Å²) < 4.78 is 5.64. The maximum atomic E-state index is 13.3. The normalized spacial score (nSPS) is 18.9. The standard InChI is InChI=1S/C25H28N2O3/c1-17-8-11-20(14-18(17)2)27-24(28)22-7-4-3-6-21(22)23(25(27)29)15-26-12-5-13-30-16-19-9-10-19/h3-4,6-8,11,14-15,19,23H,5,9-10,12-13,16H2,1-2H3/t23-/m0/s1. The second-order valence-electron chi connectivity index (χ2n) is 8.24. The van der Waals surface area contributed by atoms with Crippen molar-refractivity contribution in [3.05, 3.63) is 64.7 Å². The van der Waals surface area contributed by atoms with Gasteiger partial charge in [0.25, 0.3) is 5.91 Å². The number of aryl methyl sites for hydroxylation is 2. The van der Waals surface area contributed by atoms with Gasteiger partial charge in [-0.15, -0.1) is 0 Å². The largest absolute Gasteiger partial charge is 0.381 e. The van der Waals surface area contributed by atoms with Gasteiger partial charge >= 0.3 is 0 Å². The van der Waals surface area contributed by atoms with Crippen molar-refractivity contribution >= 4 is 23.7 Å². The lowest BCUT2D eigenvalue weighted by Crippen LogP contribution is -2.45. The van der Waals surface area contributed by atoms with E-state index in [-0.39, 0.29) is 11.8 Å². The van der Waals surface area contributed by atoms with E-state index in [2.05, 4.69) is 4.99 Å². The summed E-state index contributed by atoms with van der Waals surface area (Å²) in [6, 6.07) is 13.0. The first kappa shape index (κ1) is 20.5. The topological polar surface area (TPSA) is 59.0 Å². The Hall–Kier alpha value is -2.79. The van der Waals surface area contributed by atoms with Crippen LogP contribution in [0.2, 0.25) is 0 Å². The lowest BCUT2D eigenvalue weighted by Gasteiger charge is -2.31. The van der Waals surface area contributed by atoms with Gasteiger partial charge in [0.05, 0.1) is 11.6 Å². The molecule has 2 aliphatic rings. The highest BCUT2D eigenvalue weighted by Crippen LogP contribution is 2.32. The molecule has 0 aromatic heterocycles. The second kappa shape index (κ2) is 8.92. The summed E-state index contributed by atoms with van der Waals surface area (Å²) in [5.41, 5.74) is 4.05. The van der Waals surface area contributed by atoms with Gasteiger partial charge in [-0.3, -0.25) is 14.6 Å². The van der Waals surface area contributed by atoms with Gasteiger partial charge in [0.2, 0.25) is 5.91 Å². The molecule has 2 aromatic carbocycles. The average Bonchev–Trinajstić information content (AvgIpc) is 3.56. The molecular formula is C25H28N2O3. The van der Waals surface area contributed by atoms with Gasteiger partial charge in [-0.1, -0.05) is 24.3 Å². The van der Waals surface area contributed by atoms with Crippen LogP contribution in [0.15, 0.2) is 47.5 Å². The molecule has 0 saturated heterocycles. The molecule has 2 aromatic rings. The van der Waals surface area contributed by atoms with Crippen molar-refractivity contribution in [3.8, 4) is 0 Å². The summed E-state index contributed by atoms with van der Waals surface area (Å²) in [7, 11) is 0. The van der Waals surface area contributed by atoms with E-state index >= 15 is 0 Å². The van der Waals surface area contributed by atoms with Gasteiger partial charge in [0, 0.05) is 31.5 Å². The zero-order valence-electron chi connectivity index (χ0n) is 17.6. The highest BCUT2D eigenvalue weighted by atomic mass is 16.5. The summed E-state index contributed by atoms with van der Waals surface area (Å²) in [5.74, 6) is -0.334. The predicted molar refractivity (Wildman–Crippen MR) is 118 cm³/mol. The molecular weight excluding hydrogens is 376 g/mol. The van der Waals surface area contributed by atoms with Crippen LogP contribution in [0.5, 0.6) is 0 Å². The molecule has 1 aliphatic carbocycles. The fraction of sp³-hybridized carbons (Fsp3) is 0.400. The molecule has 1 atom stereocenters. The molecule has 0 N–H and O–H groups in total. The van der Waals surface area contributed by atoms with Crippen LogP contribution in [0.3, 0.4) is 0 Å². The van der Waals surface area contributed by atoms with Gasteiger partial charge < -0.3 is 4.74 Å². The average molecular weight is 405 g/mol. The van der Waals surface area contributed by atoms with Gasteiger partial charge in [-0.2, -0.15) is 0 Å². The number of ether oxygens (including phenoxy) is 1. The summed E-state index contributed by atoms with van der Waals surface area (Å²) in [6.45, 7) is 6.14. The number of carbonyl (C=O) groups excluding carboxylic acids is 2. The molecule has 156 valence electrons. The van der Waals surface area contributed by atoms with Crippen LogP contribution >= 0.6 is 0 Å². The first-order chi connectivity index (χ1) is 14.6. The number of nitrogens with zero attached hydrogens (tertiary/aromatic N) is 2. The Morgan fingerprint density at radius 2 is 1.90 bits per heavy atom. The number of hydrogen-bond donors (Lipinski definition) is 0. The summed E-state index contributed by atoms with van der Waals surface area (Å²) in [5, 5.41) is 0. The Labute approximate surface area is 177 Å². The van der Waals surface area contributed by atoms with Crippen LogP contribution in [-0.4, -0.2) is 37.8 Å². The van der Waals surface area contributed by atoms with Gasteiger partial charge in [0.15, 0.2) is 0 Å². The third-order valence-electron chi connectivity index (χ3n) is 5.85. The van der Waals surface area contributed by atoms with Crippen molar-refractivity contribution in [2.75, 3.05) is 24.7 Å². The van der Waals surface area contributed by atoms with Crippen LogP contribution in [-0.2, 0) is 9.53 Å². The van der Waals surface area contributed by atoms with E-state index in [0.29, 0.717) is 24.4 Å². The third-order valence-corrected chi connectivity index (χ3v) is 5.85. The minimum Gasteiger partial charge on any atom is -0.381 e. The smallest absolute Gasteiger partial charge is 0.265 e. The number of carbonyl (C=O) groups is 2. The Kier molecular flexibility index (Phi) is 6.09. The van der Waals surface area contributed by atoms with E-state index in [1.54, 1.807) is 12.3 Å². The molecule has 4 rings (SSSR count). The number of fused-ring (bicyclic) bond motifs is 1. The lowest BCUT2D eigenvalue weighted by molar-refractivity contribution is -0.118. The maximum absolute atomic E-state index is 13.3. The Bertz CT molecular complexity index is 978. The monoisotopic (exact) mass is 404 g/mol. The molecule has 1 fully saturated rings. The van der Waals surface area contributed by atoms with E-state index in [4.69, 9.17) is 4.74 Å². The minimum atomic E-state index is -0.562. The first-order valence-corrected chi connectivity index (χ1v) is 10.7. The number of amides is 2. The van der Waals surface area contributed by atoms with E-state index in [9.17, 15) is 9.59 Å². The third kappa shape index (κ3) is 4.36. The van der Waals surface area contributed by atoms with E-state index in [1.807, 2.05) is 50.2 Å². The van der Waals surface area contributed by atoms with Gasteiger partial charge in [-0.05, 0) is 73.9 Å². The van der Waals surface area contributed by atoms with Crippen LogP contribution in [0.4, 0.5) is 5.69 Å². The van der Waals surface area contributed by atoms with Crippen molar-refractivity contribution in [3.63, 3.8) is 0 Å². The van der Waals surface area contributed by atoms with Crippen LogP contribution < -0.4 is 4.90 Å². The molecule has 5 nitrogen and oxygen atoms in total. The number of rotatable bonds is 8. The first-order valence-electron chi connectivity index (χ1n) is 10.7. The summed E-state index contributed by atoms with van der Waals surface area (Å²) in [4.78, 5) is 32.2. The molecule has 0 radical (unpaired) electrons. The van der Waals surface area contributed by atoms with Crippen LogP contribution in [0.25, 0.3) is 0 Å². The number of anilines is 1. The molecule has 5 heteroatoms. The predicted octanol–water partition coefficient (Wildman–Crippen LogP) is 4.46. The molecule has 1 aliphatic heterocycles. The molecule has 0 unspecified atom stereocenters. The number of aliphatic imine (C=N–C) groups is 1.